The summed E-state index contributed by atoms with van der Waals surface area (Å²) in [6.45, 7) is 4.76. The van der Waals surface area contributed by atoms with Crippen molar-refractivity contribution in [2.75, 3.05) is 0 Å². The SMILES string of the molecule is CC1(C)c2cc(-c3ccc(-c4ccc5c6c(cccc46)-c4ccccc4-5)cc3)ccc2-c2ccc(-c3ccc4ccccc4c3)cc21. The second-order valence-electron chi connectivity index (χ2n) is 13.7. The van der Waals surface area contributed by atoms with Gasteiger partial charge in [0.05, 0.1) is 0 Å². The zero-order valence-electron chi connectivity index (χ0n) is 26.5. The molecule has 10 rings (SSSR count). The molecule has 0 unspecified atom stereocenters. The van der Waals surface area contributed by atoms with Crippen LogP contribution in [0.15, 0.2) is 158 Å². The van der Waals surface area contributed by atoms with Crippen molar-refractivity contribution < 1.29 is 0 Å². The quantitative estimate of drug-likeness (QED) is 0.190. The minimum atomic E-state index is -0.0876. The number of benzene rings is 8. The largest absolute Gasteiger partial charge is 0.0616 e. The van der Waals surface area contributed by atoms with E-state index in [0.717, 1.165) is 0 Å². The van der Waals surface area contributed by atoms with Crippen LogP contribution in [0.5, 0.6) is 0 Å². The lowest BCUT2D eigenvalue weighted by molar-refractivity contribution is 0.661. The number of hydrogen-bond donors (Lipinski definition) is 0. The lowest BCUT2D eigenvalue weighted by Crippen LogP contribution is -2.15. The molecule has 0 radical (unpaired) electrons. The van der Waals surface area contributed by atoms with E-state index in [0.29, 0.717) is 0 Å². The highest BCUT2D eigenvalue weighted by Gasteiger charge is 2.36. The smallest absolute Gasteiger partial charge is 0.0159 e. The summed E-state index contributed by atoms with van der Waals surface area (Å²) in [5.74, 6) is 0. The van der Waals surface area contributed by atoms with Gasteiger partial charge in [-0.3, -0.25) is 0 Å². The Balaban J connectivity index is 0.999. The highest BCUT2D eigenvalue weighted by molar-refractivity contribution is 6.18. The standard InChI is InChI=1S/C47H32/c1-47(2)44-27-34(20-22-39(44)40-23-21-35(28-45(40)47)33-19-16-29-8-3-4-9-32(29)26-33)30-14-17-31(18-15-30)36-24-25-43-38-11-6-5-10-37(38)42-13-7-12-41(36)46(42)43/h3-28H,1-2H3. The van der Waals surface area contributed by atoms with Crippen LogP contribution in [-0.4, -0.2) is 0 Å². The molecule has 8 aromatic rings. The Hall–Kier alpha value is -5.72. The third-order valence-corrected chi connectivity index (χ3v) is 10.8. The maximum Gasteiger partial charge on any atom is 0.0159 e. The first-order valence-electron chi connectivity index (χ1n) is 16.6. The van der Waals surface area contributed by atoms with Crippen molar-refractivity contribution in [2.45, 2.75) is 19.3 Å². The van der Waals surface area contributed by atoms with Crippen LogP contribution in [0.2, 0.25) is 0 Å². The molecule has 0 fully saturated rings. The zero-order valence-corrected chi connectivity index (χ0v) is 26.5. The molecule has 0 amide bonds. The molecule has 0 heteroatoms. The molecule has 2 aliphatic rings. The van der Waals surface area contributed by atoms with E-state index in [1.807, 2.05) is 0 Å². The first-order chi connectivity index (χ1) is 23.0. The number of fused-ring (bicyclic) bond motifs is 7. The molecule has 0 aliphatic heterocycles. The van der Waals surface area contributed by atoms with Gasteiger partial charge in [-0.1, -0.05) is 153 Å². The third-order valence-electron chi connectivity index (χ3n) is 10.8. The summed E-state index contributed by atoms with van der Waals surface area (Å²) in [5.41, 5.74) is 18.4. The summed E-state index contributed by atoms with van der Waals surface area (Å²) < 4.78 is 0. The van der Waals surface area contributed by atoms with E-state index in [4.69, 9.17) is 0 Å². The molecular formula is C47H32. The van der Waals surface area contributed by atoms with Gasteiger partial charge in [0.15, 0.2) is 0 Å². The van der Waals surface area contributed by atoms with Gasteiger partial charge in [0, 0.05) is 5.41 Å². The molecule has 0 bridgehead atoms. The fourth-order valence-electron chi connectivity index (χ4n) is 8.37. The van der Waals surface area contributed by atoms with Crippen LogP contribution in [0.4, 0.5) is 0 Å². The second-order valence-corrected chi connectivity index (χ2v) is 13.7. The van der Waals surface area contributed by atoms with Gasteiger partial charge >= 0.3 is 0 Å². The van der Waals surface area contributed by atoms with Crippen LogP contribution in [0.25, 0.3) is 88.3 Å². The lowest BCUT2D eigenvalue weighted by atomic mass is 9.80. The highest BCUT2D eigenvalue weighted by atomic mass is 14.4. The first kappa shape index (κ1) is 26.5. The fourth-order valence-corrected chi connectivity index (χ4v) is 8.37. The minimum absolute atomic E-state index is 0.0876. The van der Waals surface area contributed by atoms with Crippen molar-refractivity contribution in [3.05, 3.63) is 169 Å². The van der Waals surface area contributed by atoms with E-state index >= 15 is 0 Å². The predicted octanol–water partition coefficient (Wildman–Crippen LogP) is 12.9. The molecule has 0 heterocycles. The summed E-state index contributed by atoms with van der Waals surface area (Å²) in [7, 11) is 0. The van der Waals surface area contributed by atoms with Gasteiger partial charge in [0.1, 0.15) is 0 Å². The van der Waals surface area contributed by atoms with Gasteiger partial charge < -0.3 is 0 Å². The zero-order chi connectivity index (χ0) is 31.3. The van der Waals surface area contributed by atoms with Crippen LogP contribution in [0.1, 0.15) is 25.0 Å². The number of hydrogen-bond acceptors (Lipinski definition) is 0. The molecule has 220 valence electrons. The van der Waals surface area contributed by atoms with Crippen LogP contribution in [0.3, 0.4) is 0 Å². The van der Waals surface area contributed by atoms with Crippen LogP contribution >= 0.6 is 0 Å². The molecular weight excluding hydrogens is 565 g/mol. The van der Waals surface area contributed by atoms with E-state index in [2.05, 4.69) is 172 Å². The third kappa shape index (κ3) is 3.82. The summed E-state index contributed by atoms with van der Waals surface area (Å²) in [5, 5.41) is 5.26. The van der Waals surface area contributed by atoms with Gasteiger partial charge in [0.25, 0.3) is 0 Å². The van der Waals surface area contributed by atoms with E-state index in [-0.39, 0.29) is 5.41 Å². The number of rotatable bonds is 3. The van der Waals surface area contributed by atoms with Crippen LogP contribution in [-0.2, 0) is 5.41 Å². The second kappa shape index (κ2) is 9.64. The summed E-state index contributed by atoms with van der Waals surface area (Å²) >= 11 is 0. The summed E-state index contributed by atoms with van der Waals surface area (Å²) in [4.78, 5) is 0. The normalized spacial score (nSPS) is 13.5. The first-order valence-corrected chi connectivity index (χ1v) is 16.6. The van der Waals surface area contributed by atoms with E-state index < -0.39 is 0 Å². The molecule has 0 N–H and O–H groups in total. The van der Waals surface area contributed by atoms with Crippen LogP contribution < -0.4 is 0 Å². The van der Waals surface area contributed by atoms with E-state index in [1.54, 1.807) is 0 Å². The van der Waals surface area contributed by atoms with Gasteiger partial charge in [0.2, 0.25) is 0 Å². The molecule has 0 saturated carbocycles. The van der Waals surface area contributed by atoms with Crippen molar-refractivity contribution in [1.82, 2.24) is 0 Å². The summed E-state index contributed by atoms with van der Waals surface area (Å²) in [6, 6.07) is 58.8. The Morgan fingerprint density at radius 1 is 0.319 bits per heavy atom. The van der Waals surface area contributed by atoms with Gasteiger partial charge in [-0.15, -0.1) is 0 Å². The van der Waals surface area contributed by atoms with Crippen molar-refractivity contribution >= 4 is 21.5 Å². The summed E-state index contributed by atoms with van der Waals surface area (Å²) in [6.07, 6.45) is 0. The van der Waals surface area contributed by atoms with Crippen molar-refractivity contribution in [3.8, 4) is 66.8 Å². The average molecular weight is 597 g/mol. The van der Waals surface area contributed by atoms with E-state index in [9.17, 15) is 0 Å². The minimum Gasteiger partial charge on any atom is -0.0616 e. The van der Waals surface area contributed by atoms with Crippen molar-refractivity contribution in [2.24, 2.45) is 0 Å². The monoisotopic (exact) mass is 596 g/mol. The maximum atomic E-state index is 2.43. The Kier molecular flexibility index (Phi) is 5.44. The Morgan fingerprint density at radius 3 is 1.53 bits per heavy atom. The average Bonchev–Trinajstić information content (AvgIpc) is 3.57. The molecule has 8 aromatic carbocycles. The molecule has 0 saturated heterocycles. The van der Waals surface area contributed by atoms with E-state index in [1.165, 1.54) is 99.4 Å². The maximum absolute atomic E-state index is 2.43. The Labute approximate surface area is 275 Å². The fraction of sp³-hybridized carbons (Fsp3) is 0.0638. The Bertz CT molecular complexity index is 2550. The van der Waals surface area contributed by atoms with Crippen molar-refractivity contribution in [3.63, 3.8) is 0 Å². The lowest BCUT2D eigenvalue weighted by Gasteiger charge is -2.22. The molecule has 0 spiro atoms. The predicted molar refractivity (Wildman–Crippen MR) is 200 cm³/mol. The molecule has 0 aromatic heterocycles. The Morgan fingerprint density at radius 2 is 0.809 bits per heavy atom. The molecule has 2 aliphatic carbocycles. The topological polar surface area (TPSA) is 0 Å². The van der Waals surface area contributed by atoms with Crippen LogP contribution in [0, 0.1) is 0 Å². The molecule has 0 atom stereocenters. The highest BCUT2D eigenvalue weighted by Crippen LogP contribution is 2.51. The van der Waals surface area contributed by atoms with Crippen molar-refractivity contribution in [1.29, 1.82) is 0 Å². The molecule has 0 nitrogen and oxygen atoms in total. The van der Waals surface area contributed by atoms with Gasteiger partial charge in [-0.25, -0.2) is 0 Å². The van der Waals surface area contributed by atoms with Gasteiger partial charge in [-0.2, -0.15) is 0 Å². The molecule has 47 heavy (non-hydrogen) atoms. The van der Waals surface area contributed by atoms with Gasteiger partial charge in [-0.05, 0) is 118 Å².